The third-order valence-electron chi connectivity index (χ3n) is 4.97. The van der Waals surface area contributed by atoms with Crippen molar-refractivity contribution in [3.8, 4) is 0 Å². The molecule has 132 valence electrons. The maximum Gasteiger partial charge on any atom is 0.253 e. The average Bonchev–Trinajstić information content (AvgIpc) is 3.24. The van der Waals surface area contributed by atoms with Crippen molar-refractivity contribution in [1.29, 1.82) is 0 Å². The molecule has 1 unspecified atom stereocenters. The van der Waals surface area contributed by atoms with Crippen molar-refractivity contribution in [2.45, 2.75) is 48.0 Å². The fourth-order valence-corrected chi connectivity index (χ4v) is 6.92. The van der Waals surface area contributed by atoms with E-state index in [9.17, 15) is 13.2 Å². The molecule has 0 radical (unpaired) electrons. The first-order valence-corrected chi connectivity index (χ1v) is 10.7. The summed E-state index contributed by atoms with van der Waals surface area (Å²) in [5.41, 5.74) is 0.580. The number of rotatable bonds is 4. The van der Waals surface area contributed by atoms with E-state index < -0.39 is 10.0 Å². The zero-order valence-electron chi connectivity index (χ0n) is 13.5. The highest BCUT2D eigenvalue weighted by molar-refractivity contribution is 7.91. The van der Waals surface area contributed by atoms with Crippen molar-refractivity contribution in [1.82, 2.24) is 14.6 Å². The third kappa shape index (κ3) is 3.09. The van der Waals surface area contributed by atoms with E-state index in [4.69, 9.17) is 0 Å². The molecule has 6 nitrogen and oxygen atoms in total. The first kappa shape index (κ1) is 16.7. The van der Waals surface area contributed by atoms with Crippen LogP contribution in [-0.2, 0) is 10.0 Å². The van der Waals surface area contributed by atoms with Gasteiger partial charge in [-0.2, -0.15) is 4.31 Å². The van der Waals surface area contributed by atoms with Gasteiger partial charge in [0.1, 0.15) is 4.21 Å². The third-order valence-corrected chi connectivity index (χ3v) is 8.35. The van der Waals surface area contributed by atoms with E-state index in [1.54, 1.807) is 46.3 Å². The van der Waals surface area contributed by atoms with Crippen LogP contribution in [0.5, 0.6) is 0 Å². The maximum atomic E-state index is 12.9. The van der Waals surface area contributed by atoms with Crippen molar-refractivity contribution in [3.63, 3.8) is 0 Å². The van der Waals surface area contributed by atoms with Gasteiger partial charge in [-0.3, -0.25) is 9.78 Å². The van der Waals surface area contributed by atoms with Crippen LogP contribution in [0.2, 0.25) is 0 Å². The quantitative estimate of drug-likeness (QED) is 0.886. The number of nitrogens with zero attached hydrogens (tertiary/aromatic N) is 2. The number of hydrogen-bond acceptors (Lipinski definition) is 5. The molecule has 2 bridgehead atoms. The highest BCUT2D eigenvalue weighted by Crippen LogP contribution is 2.40. The Morgan fingerprint density at radius 3 is 2.44 bits per heavy atom. The van der Waals surface area contributed by atoms with Crippen LogP contribution in [0.4, 0.5) is 0 Å². The molecule has 2 fully saturated rings. The van der Waals surface area contributed by atoms with Gasteiger partial charge in [-0.25, -0.2) is 8.42 Å². The topological polar surface area (TPSA) is 79.4 Å². The highest BCUT2D eigenvalue weighted by Gasteiger charge is 2.47. The zero-order valence-corrected chi connectivity index (χ0v) is 15.2. The number of pyridine rings is 1. The lowest BCUT2D eigenvalue weighted by Crippen LogP contribution is -2.52. The predicted octanol–water partition coefficient (Wildman–Crippen LogP) is 2.26. The minimum absolute atomic E-state index is 0.00736. The largest absolute Gasteiger partial charge is 0.349 e. The summed E-state index contributed by atoms with van der Waals surface area (Å²) in [6.07, 6.45) is 6.23. The summed E-state index contributed by atoms with van der Waals surface area (Å²) in [6.45, 7) is 0. The molecule has 2 saturated heterocycles. The van der Waals surface area contributed by atoms with Crippen LogP contribution in [0.15, 0.2) is 46.2 Å². The van der Waals surface area contributed by atoms with E-state index in [0.717, 1.165) is 12.8 Å². The van der Waals surface area contributed by atoms with Crippen LogP contribution >= 0.6 is 11.3 Å². The van der Waals surface area contributed by atoms with Crippen LogP contribution in [0.25, 0.3) is 0 Å². The Balaban J connectivity index is 1.48. The van der Waals surface area contributed by atoms with Gasteiger partial charge in [-0.05, 0) is 49.3 Å². The normalized spacial score (nSPS) is 26.5. The summed E-state index contributed by atoms with van der Waals surface area (Å²) >= 11 is 1.26. The van der Waals surface area contributed by atoms with Crippen LogP contribution < -0.4 is 5.32 Å². The predicted molar refractivity (Wildman–Crippen MR) is 94.9 cm³/mol. The van der Waals surface area contributed by atoms with Gasteiger partial charge in [0.05, 0.1) is 0 Å². The molecular formula is C17H19N3O3S2. The molecule has 1 amide bonds. The summed E-state index contributed by atoms with van der Waals surface area (Å²) in [4.78, 5) is 16.3. The Morgan fingerprint density at radius 2 is 1.84 bits per heavy atom. The van der Waals surface area contributed by atoms with E-state index in [1.165, 1.54) is 11.3 Å². The minimum atomic E-state index is -3.43. The number of sulfonamides is 1. The summed E-state index contributed by atoms with van der Waals surface area (Å²) in [5.74, 6) is -0.124. The van der Waals surface area contributed by atoms with Crippen molar-refractivity contribution in [3.05, 3.63) is 47.6 Å². The van der Waals surface area contributed by atoms with Gasteiger partial charge < -0.3 is 5.32 Å². The first-order chi connectivity index (χ1) is 12.1. The van der Waals surface area contributed by atoms with E-state index in [1.807, 2.05) is 0 Å². The number of fused-ring (bicyclic) bond motifs is 2. The number of piperidine rings is 1. The highest BCUT2D eigenvalue weighted by atomic mass is 32.2. The second kappa shape index (κ2) is 6.51. The molecule has 2 aliphatic heterocycles. The van der Waals surface area contributed by atoms with Crippen LogP contribution in [-0.4, -0.2) is 41.7 Å². The van der Waals surface area contributed by atoms with E-state index in [0.29, 0.717) is 22.6 Å². The molecule has 0 aliphatic carbocycles. The number of aromatic nitrogens is 1. The summed E-state index contributed by atoms with van der Waals surface area (Å²) in [5, 5.41) is 4.85. The molecule has 4 heterocycles. The molecule has 25 heavy (non-hydrogen) atoms. The molecule has 2 aliphatic rings. The van der Waals surface area contributed by atoms with Gasteiger partial charge in [0.2, 0.25) is 0 Å². The van der Waals surface area contributed by atoms with Gasteiger partial charge in [0, 0.05) is 36.1 Å². The van der Waals surface area contributed by atoms with Gasteiger partial charge in [-0.1, -0.05) is 6.07 Å². The van der Waals surface area contributed by atoms with Crippen LogP contribution in [0, 0.1) is 0 Å². The van der Waals surface area contributed by atoms with Gasteiger partial charge in [0.25, 0.3) is 15.9 Å². The molecule has 0 spiro atoms. The van der Waals surface area contributed by atoms with Crippen LogP contribution in [0.3, 0.4) is 0 Å². The minimum Gasteiger partial charge on any atom is -0.349 e. The lowest BCUT2D eigenvalue weighted by Gasteiger charge is -2.37. The van der Waals surface area contributed by atoms with Crippen molar-refractivity contribution in [2.75, 3.05) is 0 Å². The maximum absolute atomic E-state index is 12.9. The lowest BCUT2D eigenvalue weighted by atomic mass is 9.99. The Kier molecular flexibility index (Phi) is 4.35. The smallest absolute Gasteiger partial charge is 0.253 e. The van der Waals surface area contributed by atoms with E-state index >= 15 is 0 Å². The number of nitrogens with one attached hydrogen (secondary N) is 1. The van der Waals surface area contributed by atoms with Crippen molar-refractivity contribution in [2.24, 2.45) is 0 Å². The summed E-state index contributed by atoms with van der Waals surface area (Å²) < 4.78 is 27.9. The first-order valence-electron chi connectivity index (χ1n) is 8.33. The summed E-state index contributed by atoms with van der Waals surface area (Å²) in [7, 11) is -3.43. The van der Waals surface area contributed by atoms with Crippen molar-refractivity contribution >= 4 is 27.3 Å². The Labute approximate surface area is 150 Å². The van der Waals surface area contributed by atoms with E-state index in [-0.39, 0.29) is 24.0 Å². The fourth-order valence-electron chi connectivity index (χ4n) is 3.93. The Hall–Kier alpha value is -1.77. The molecule has 4 rings (SSSR count). The standard InChI is InChI=1S/C17H19N3O3S2/c21-17(12-5-7-18-8-6-12)19-13-10-14-3-4-15(11-13)20(14)25(22,23)16-2-1-9-24-16/h1-2,5-9,13-15H,3-4,10-11H2,(H,19,21)/t13?,14-,15+. The van der Waals surface area contributed by atoms with E-state index in [2.05, 4.69) is 10.3 Å². The molecule has 0 aromatic carbocycles. The molecule has 3 atom stereocenters. The Bertz CT molecular complexity index is 839. The molecule has 8 heteroatoms. The SMILES string of the molecule is O=C(NC1C[C@H]2CC[C@@H](C1)N2S(=O)(=O)c1cccs1)c1ccncc1. The van der Waals surface area contributed by atoms with Crippen LogP contribution in [0.1, 0.15) is 36.0 Å². The molecule has 0 saturated carbocycles. The lowest BCUT2D eigenvalue weighted by molar-refractivity contribution is 0.0909. The number of hydrogen-bond donors (Lipinski definition) is 1. The number of carbonyl (C=O) groups is 1. The molecular weight excluding hydrogens is 358 g/mol. The van der Waals surface area contributed by atoms with Gasteiger partial charge in [0.15, 0.2) is 0 Å². The monoisotopic (exact) mass is 377 g/mol. The number of carbonyl (C=O) groups excluding carboxylic acids is 1. The fraction of sp³-hybridized carbons (Fsp3) is 0.412. The second-order valence-electron chi connectivity index (χ2n) is 6.53. The molecule has 2 aromatic rings. The average molecular weight is 377 g/mol. The Morgan fingerprint density at radius 1 is 1.16 bits per heavy atom. The summed E-state index contributed by atoms with van der Waals surface area (Å²) in [6, 6.07) is 6.73. The number of thiophene rings is 1. The molecule has 1 N–H and O–H groups in total. The van der Waals surface area contributed by atoms with Gasteiger partial charge >= 0.3 is 0 Å². The number of amides is 1. The zero-order chi connectivity index (χ0) is 17.4. The molecule has 2 aromatic heterocycles. The van der Waals surface area contributed by atoms with Gasteiger partial charge in [-0.15, -0.1) is 11.3 Å². The van der Waals surface area contributed by atoms with Crippen molar-refractivity contribution < 1.29 is 13.2 Å². The second-order valence-corrected chi connectivity index (χ2v) is 9.55.